The van der Waals surface area contributed by atoms with E-state index in [-0.39, 0.29) is 5.56 Å². The predicted octanol–water partition coefficient (Wildman–Crippen LogP) is 4.07. The molecule has 0 fully saturated rings. The lowest BCUT2D eigenvalue weighted by Crippen LogP contribution is -2.41. The fourth-order valence-corrected chi connectivity index (χ4v) is 2.35. The Kier molecular flexibility index (Phi) is 5.32. The monoisotopic (exact) mass is 388 g/mol. The van der Waals surface area contributed by atoms with Gasteiger partial charge in [0.25, 0.3) is 0 Å². The standard InChI is InChI=1S/C19H14F6O2/c1-11-10-13(15(21)16(22)14(11)20)17(2,26)8-9-18(27,19(23,24)25)12-6-4-3-5-7-12/h3-7,10,26-27H,1-2H3/t17-,18+/m0/s1. The van der Waals surface area contributed by atoms with Gasteiger partial charge < -0.3 is 10.2 Å². The average molecular weight is 388 g/mol. The van der Waals surface area contributed by atoms with Crippen LogP contribution in [-0.4, -0.2) is 16.4 Å². The molecule has 2 aromatic carbocycles. The van der Waals surface area contributed by atoms with Crippen LogP contribution in [0.25, 0.3) is 0 Å². The lowest BCUT2D eigenvalue weighted by Gasteiger charge is -2.26. The Morgan fingerprint density at radius 3 is 1.93 bits per heavy atom. The molecule has 0 aliphatic rings. The average Bonchev–Trinajstić information content (AvgIpc) is 2.60. The molecule has 0 aliphatic carbocycles. The van der Waals surface area contributed by atoms with Gasteiger partial charge in [0.05, 0.1) is 0 Å². The van der Waals surface area contributed by atoms with Crippen molar-refractivity contribution < 1.29 is 36.6 Å². The zero-order chi connectivity index (χ0) is 20.6. The van der Waals surface area contributed by atoms with Gasteiger partial charge in [-0.15, -0.1) is 0 Å². The van der Waals surface area contributed by atoms with Crippen molar-refractivity contribution in [3.05, 3.63) is 70.5 Å². The van der Waals surface area contributed by atoms with E-state index in [9.17, 15) is 36.6 Å². The quantitative estimate of drug-likeness (QED) is 0.463. The number of aliphatic hydroxyl groups is 2. The van der Waals surface area contributed by atoms with Gasteiger partial charge in [-0.1, -0.05) is 42.2 Å². The van der Waals surface area contributed by atoms with Crippen LogP contribution in [-0.2, 0) is 11.2 Å². The zero-order valence-corrected chi connectivity index (χ0v) is 14.1. The van der Waals surface area contributed by atoms with E-state index >= 15 is 0 Å². The SMILES string of the molecule is Cc1cc([C@@](C)(O)C#C[C@@](O)(c2ccccc2)C(F)(F)F)c(F)c(F)c1F. The highest BCUT2D eigenvalue weighted by atomic mass is 19.4. The molecule has 27 heavy (non-hydrogen) atoms. The lowest BCUT2D eigenvalue weighted by molar-refractivity contribution is -0.240. The number of hydrogen-bond acceptors (Lipinski definition) is 2. The molecule has 0 amide bonds. The molecule has 0 unspecified atom stereocenters. The van der Waals surface area contributed by atoms with Crippen LogP contribution in [0.2, 0.25) is 0 Å². The summed E-state index contributed by atoms with van der Waals surface area (Å²) in [6.45, 7) is 1.89. The minimum atomic E-state index is -5.25. The van der Waals surface area contributed by atoms with Crippen molar-refractivity contribution >= 4 is 0 Å². The number of halogens is 6. The van der Waals surface area contributed by atoms with Crippen molar-refractivity contribution in [3.8, 4) is 11.8 Å². The van der Waals surface area contributed by atoms with Crippen LogP contribution in [0.15, 0.2) is 36.4 Å². The van der Waals surface area contributed by atoms with Gasteiger partial charge in [-0.3, -0.25) is 0 Å². The number of hydrogen-bond donors (Lipinski definition) is 2. The van der Waals surface area contributed by atoms with E-state index in [4.69, 9.17) is 0 Å². The maximum absolute atomic E-state index is 14.0. The number of aryl methyl sites for hydroxylation is 1. The van der Waals surface area contributed by atoms with E-state index in [0.717, 1.165) is 32.0 Å². The summed E-state index contributed by atoms with van der Waals surface area (Å²) >= 11 is 0. The molecule has 2 rings (SSSR count). The Hall–Kier alpha value is -2.50. The van der Waals surface area contributed by atoms with Crippen LogP contribution < -0.4 is 0 Å². The molecule has 2 N–H and O–H groups in total. The molecule has 0 bridgehead atoms. The predicted molar refractivity (Wildman–Crippen MR) is 84.8 cm³/mol. The van der Waals surface area contributed by atoms with E-state index in [2.05, 4.69) is 0 Å². The first-order valence-electron chi connectivity index (χ1n) is 7.57. The van der Waals surface area contributed by atoms with Gasteiger partial charge in [-0.25, -0.2) is 13.2 Å². The third-order valence-electron chi connectivity index (χ3n) is 3.94. The Morgan fingerprint density at radius 2 is 1.41 bits per heavy atom. The fourth-order valence-electron chi connectivity index (χ4n) is 2.35. The van der Waals surface area contributed by atoms with Gasteiger partial charge in [0.1, 0.15) is 0 Å². The van der Waals surface area contributed by atoms with E-state index < -0.39 is 46.0 Å². The molecule has 0 saturated carbocycles. The van der Waals surface area contributed by atoms with E-state index in [1.165, 1.54) is 24.1 Å². The summed E-state index contributed by atoms with van der Waals surface area (Å²) in [5.74, 6) is -1.90. The second kappa shape index (κ2) is 6.91. The van der Waals surface area contributed by atoms with E-state index in [1.54, 1.807) is 5.92 Å². The first-order chi connectivity index (χ1) is 12.3. The molecule has 0 radical (unpaired) electrons. The van der Waals surface area contributed by atoms with Crippen LogP contribution in [0.3, 0.4) is 0 Å². The Labute approximate surface area is 151 Å². The topological polar surface area (TPSA) is 40.5 Å². The molecule has 144 valence electrons. The number of rotatable bonds is 2. The highest BCUT2D eigenvalue weighted by Gasteiger charge is 2.54. The summed E-state index contributed by atoms with van der Waals surface area (Å²) in [5, 5.41) is 20.4. The lowest BCUT2D eigenvalue weighted by atomic mass is 9.89. The van der Waals surface area contributed by atoms with Crippen LogP contribution in [0.4, 0.5) is 26.3 Å². The van der Waals surface area contributed by atoms with Gasteiger partial charge in [0, 0.05) is 11.1 Å². The minimum Gasteiger partial charge on any atom is -0.374 e. The summed E-state index contributed by atoms with van der Waals surface area (Å²) in [6.07, 6.45) is -5.25. The Bertz CT molecular complexity index is 910. The first-order valence-corrected chi connectivity index (χ1v) is 7.57. The highest BCUT2D eigenvalue weighted by molar-refractivity contribution is 5.40. The van der Waals surface area contributed by atoms with Gasteiger partial charge >= 0.3 is 6.18 Å². The van der Waals surface area contributed by atoms with Gasteiger partial charge in [0.15, 0.2) is 23.1 Å². The normalized spacial score (nSPS) is 16.1. The summed E-state index contributed by atoms with van der Waals surface area (Å²) < 4.78 is 81.2. The smallest absolute Gasteiger partial charge is 0.374 e. The molecule has 0 aliphatic heterocycles. The third-order valence-corrected chi connectivity index (χ3v) is 3.94. The van der Waals surface area contributed by atoms with Gasteiger partial charge in [-0.2, -0.15) is 13.2 Å². The Morgan fingerprint density at radius 1 is 0.852 bits per heavy atom. The van der Waals surface area contributed by atoms with Crippen molar-refractivity contribution in [1.82, 2.24) is 0 Å². The summed E-state index contributed by atoms with van der Waals surface area (Å²) in [4.78, 5) is 0. The summed E-state index contributed by atoms with van der Waals surface area (Å²) in [6, 6.07) is 6.58. The van der Waals surface area contributed by atoms with Crippen molar-refractivity contribution in [2.75, 3.05) is 0 Å². The molecule has 0 saturated heterocycles. The van der Waals surface area contributed by atoms with Crippen LogP contribution in [0, 0.1) is 36.2 Å². The molecular formula is C19H14F6O2. The molecular weight excluding hydrogens is 374 g/mol. The molecule has 0 spiro atoms. The van der Waals surface area contributed by atoms with Gasteiger partial charge in [0.2, 0.25) is 5.60 Å². The largest absolute Gasteiger partial charge is 0.433 e. The van der Waals surface area contributed by atoms with Crippen molar-refractivity contribution in [2.24, 2.45) is 0 Å². The second-order valence-electron chi connectivity index (χ2n) is 6.08. The molecule has 0 heterocycles. The first kappa shape index (κ1) is 20.8. The van der Waals surface area contributed by atoms with E-state index in [1.807, 2.05) is 0 Å². The van der Waals surface area contributed by atoms with Crippen molar-refractivity contribution in [3.63, 3.8) is 0 Å². The van der Waals surface area contributed by atoms with Crippen LogP contribution in [0.1, 0.15) is 23.6 Å². The summed E-state index contributed by atoms with van der Waals surface area (Å²) in [5.41, 5.74) is -8.16. The highest BCUT2D eigenvalue weighted by Crippen LogP contribution is 2.39. The Balaban J connectivity index is 2.62. The zero-order valence-electron chi connectivity index (χ0n) is 14.1. The maximum atomic E-state index is 14.0. The van der Waals surface area contributed by atoms with Crippen molar-refractivity contribution in [1.29, 1.82) is 0 Å². The molecule has 8 heteroatoms. The summed E-state index contributed by atoms with van der Waals surface area (Å²) in [7, 11) is 0. The van der Waals surface area contributed by atoms with Gasteiger partial charge in [-0.05, 0) is 25.5 Å². The van der Waals surface area contributed by atoms with Crippen molar-refractivity contribution in [2.45, 2.75) is 31.2 Å². The minimum absolute atomic E-state index is 0.375. The fraction of sp³-hybridized carbons (Fsp3) is 0.263. The third kappa shape index (κ3) is 3.80. The number of alkyl halides is 3. The van der Waals surface area contributed by atoms with Crippen LogP contribution >= 0.6 is 0 Å². The molecule has 0 aromatic heterocycles. The second-order valence-corrected chi connectivity index (χ2v) is 6.08. The molecule has 2 nitrogen and oxygen atoms in total. The van der Waals surface area contributed by atoms with Crippen LogP contribution in [0.5, 0.6) is 0 Å². The molecule has 2 atom stereocenters. The number of benzene rings is 2. The molecule has 2 aromatic rings. The van der Waals surface area contributed by atoms with E-state index in [0.29, 0.717) is 0 Å². The maximum Gasteiger partial charge on any atom is 0.433 e.